The Morgan fingerprint density at radius 1 is 1.56 bits per heavy atom. The molecule has 0 bridgehead atoms. The highest BCUT2D eigenvalue weighted by atomic mass is 16.5. The number of carbonyl (C=O) groups is 1. The number of furan rings is 1. The van der Waals surface area contributed by atoms with E-state index in [0.29, 0.717) is 6.54 Å². The average Bonchev–Trinajstić information content (AvgIpc) is 2.85. The summed E-state index contributed by atoms with van der Waals surface area (Å²) in [5.41, 5.74) is 0.764. The molecule has 1 aliphatic rings. The summed E-state index contributed by atoms with van der Waals surface area (Å²) in [6, 6.07) is 1.84. The number of carbonyl (C=O) groups excluding carboxylic acids is 1. The van der Waals surface area contributed by atoms with Crippen molar-refractivity contribution in [2.75, 3.05) is 7.11 Å². The summed E-state index contributed by atoms with van der Waals surface area (Å²) in [4.78, 5) is 11.4. The highest BCUT2D eigenvalue weighted by molar-refractivity contribution is 5.87. The van der Waals surface area contributed by atoms with Crippen LogP contribution in [0.4, 0.5) is 0 Å². The molecule has 1 fully saturated rings. The quantitative estimate of drug-likeness (QED) is 0.795. The van der Waals surface area contributed by atoms with E-state index in [4.69, 9.17) is 4.42 Å². The lowest BCUT2D eigenvalue weighted by atomic mass is 9.92. The van der Waals surface area contributed by atoms with Crippen molar-refractivity contribution < 1.29 is 19.1 Å². The summed E-state index contributed by atoms with van der Waals surface area (Å²) in [7, 11) is 1.33. The van der Waals surface area contributed by atoms with Gasteiger partial charge in [-0.3, -0.25) is 0 Å². The molecule has 5 nitrogen and oxygen atoms in total. The average molecular weight is 253 g/mol. The van der Waals surface area contributed by atoms with Crippen molar-refractivity contribution in [3.8, 4) is 0 Å². The van der Waals surface area contributed by atoms with E-state index in [9.17, 15) is 9.90 Å². The number of aliphatic hydroxyl groups is 1. The second kappa shape index (κ2) is 6.02. The first-order valence-electron chi connectivity index (χ1n) is 6.28. The first-order chi connectivity index (χ1) is 8.72. The van der Waals surface area contributed by atoms with Crippen molar-refractivity contribution in [1.82, 2.24) is 5.32 Å². The summed E-state index contributed by atoms with van der Waals surface area (Å²) in [5, 5.41) is 13.1. The van der Waals surface area contributed by atoms with E-state index in [1.807, 2.05) is 0 Å². The molecule has 18 heavy (non-hydrogen) atoms. The molecule has 1 aromatic rings. The molecule has 2 N–H and O–H groups in total. The number of rotatable bonds is 4. The minimum atomic E-state index is -0.471. The number of hydrogen-bond acceptors (Lipinski definition) is 5. The molecule has 2 rings (SSSR count). The summed E-state index contributed by atoms with van der Waals surface area (Å²) < 4.78 is 9.75. The number of nitrogens with one attached hydrogen (secondary N) is 1. The largest absolute Gasteiger partial charge is 0.463 e. The van der Waals surface area contributed by atoms with Crippen LogP contribution in [0.3, 0.4) is 0 Å². The Bertz CT molecular complexity index is 401. The predicted octanol–water partition coefficient (Wildman–Crippen LogP) is 1.46. The van der Waals surface area contributed by atoms with Gasteiger partial charge in [0.25, 0.3) is 0 Å². The minimum absolute atomic E-state index is 0.0964. The smallest absolute Gasteiger partial charge is 0.374 e. The lowest BCUT2D eigenvalue weighted by Crippen LogP contribution is -2.41. The third kappa shape index (κ3) is 2.91. The maximum atomic E-state index is 11.4. The molecular formula is C13H19NO4. The van der Waals surface area contributed by atoms with Crippen LogP contribution in [0.2, 0.25) is 0 Å². The second-order valence-corrected chi connectivity index (χ2v) is 4.61. The van der Waals surface area contributed by atoms with Gasteiger partial charge in [-0.05, 0) is 18.9 Å². The Morgan fingerprint density at radius 2 is 2.33 bits per heavy atom. The molecule has 0 spiro atoms. The fourth-order valence-corrected chi connectivity index (χ4v) is 2.34. The molecule has 5 heteroatoms. The highest BCUT2D eigenvalue weighted by Gasteiger charge is 2.23. The summed E-state index contributed by atoms with van der Waals surface area (Å²) in [6.07, 6.45) is 5.19. The van der Waals surface area contributed by atoms with Crippen LogP contribution in [-0.4, -0.2) is 30.3 Å². The lowest BCUT2D eigenvalue weighted by molar-refractivity contribution is 0.0562. The van der Waals surface area contributed by atoms with Crippen molar-refractivity contribution in [3.63, 3.8) is 0 Å². The van der Waals surface area contributed by atoms with Crippen molar-refractivity contribution in [1.29, 1.82) is 0 Å². The molecule has 0 saturated heterocycles. The Hall–Kier alpha value is -1.33. The van der Waals surface area contributed by atoms with E-state index in [1.54, 1.807) is 6.07 Å². The monoisotopic (exact) mass is 253 g/mol. The molecule has 1 saturated carbocycles. The van der Waals surface area contributed by atoms with Gasteiger partial charge in [0.2, 0.25) is 5.76 Å². The van der Waals surface area contributed by atoms with Gasteiger partial charge in [-0.1, -0.05) is 12.8 Å². The van der Waals surface area contributed by atoms with E-state index in [2.05, 4.69) is 10.1 Å². The number of hydrogen-bond donors (Lipinski definition) is 2. The standard InChI is InChI=1S/C13H19NO4/c1-17-13(16)12-9(6-7-18-12)8-14-10-4-2-3-5-11(10)15/h6-7,10-11,14-15H,2-5,8H2,1H3. The molecule has 100 valence electrons. The van der Waals surface area contributed by atoms with Gasteiger partial charge >= 0.3 is 5.97 Å². The molecule has 0 aliphatic heterocycles. The maximum Gasteiger partial charge on any atom is 0.374 e. The summed E-state index contributed by atoms with van der Waals surface area (Å²) in [5.74, 6) is -0.240. The summed E-state index contributed by atoms with van der Waals surface area (Å²) in [6.45, 7) is 0.503. The van der Waals surface area contributed by atoms with Crippen LogP contribution < -0.4 is 5.32 Å². The molecule has 0 amide bonds. The first kappa shape index (κ1) is 13.1. The lowest BCUT2D eigenvalue weighted by Gasteiger charge is -2.28. The second-order valence-electron chi connectivity index (χ2n) is 4.61. The van der Waals surface area contributed by atoms with Gasteiger partial charge in [-0.2, -0.15) is 0 Å². The van der Waals surface area contributed by atoms with Crippen molar-refractivity contribution in [2.24, 2.45) is 0 Å². The minimum Gasteiger partial charge on any atom is -0.463 e. The Balaban J connectivity index is 1.93. The van der Waals surface area contributed by atoms with E-state index >= 15 is 0 Å². The Morgan fingerprint density at radius 3 is 3.06 bits per heavy atom. The van der Waals surface area contributed by atoms with Crippen LogP contribution in [0.1, 0.15) is 41.8 Å². The number of esters is 1. The molecular weight excluding hydrogens is 234 g/mol. The van der Waals surface area contributed by atoms with Crippen LogP contribution in [0.25, 0.3) is 0 Å². The zero-order valence-corrected chi connectivity index (χ0v) is 10.5. The first-order valence-corrected chi connectivity index (χ1v) is 6.28. The third-order valence-electron chi connectivity index (χ3n) is 3.40. The molecule has 2 atom stereocenters. The van der Waals surface area contributed by atoms with Gasteiger partial charge in [0.1, 0.15) is 0 Å². The third-order valence-corrected chi connectivity index (χ3v) is 3.40. The van der Waals surface area contributed by atoms with Crippen molar-refractivity contribution in [2.45, 2.75) is 44.4 Å². The van der Waals surface area contributed by atoms with Gasteiger partial charge in [0, 0.05) is 18.2 Å². The van der Waals surface area contributed by atoms with Gasteiger partial charge < -0.3 is 19.6 Å². The van der Waals surface area contributed by atoms with Crippen LogP contribution in [0, 0.1) is 0 Å². The normalized spacial score (nSPS) is 23.9. The van der Waals surface area contributed by atoms with Crippen LogP contribution in [0.5, 0.6) is 0 Å². The van der Waals surface area contributed by atoms with Gasteiger partial charge in [-0.15, -0.1) is 0 Å². The zero-order valence-electron chi connectivity index (χ0n) is 10.5. The SMILES string of the molecule is COC(=O)c1occc1CNC1CCCCC1O. The predicted molar refractivity (Wildman–Crippen MR) is 65.2 cm³/mol. The van der Waals surface area contributed by atoms with Crippen molar-refractivity contribution >= 4 is 5.97 Å². The fraction of sp³-hybridized carbons (Fsp3) is 0.615. The van der Waals surface area contributed by atoms with E-state index in [0.717, 1.165) is 31.2 Å². The van der Waals surface area contributed by atoms with Gasteiger partial charge in [0.05, 0.1) is 19.5 Å². The Kier molecular flexibility index (Phi) is 4.38. The van der Waals surface area contributed by atoms with Gasteiger partial charge in [0.15, 0.2) is 0 Å². The molecule has 1 aliphatic carbocycles. The van der Waals surface area contributed by atoms with E-state index < -0.39 is 5.97 Å². The Labute approximate surface area is 106 Å². The maximum absolute atomic E-state index is 11.4. The molecule has 0 radical (unpaired) electrons. The van der Waals surface area contributed by atoms with E-state index in [-0.39, 0.29) is 17.9 Å². The number of methoxy groups -OCH3 is 1. The molecule has 1 aromatic heterocycles. The topological polar surface area (TPSA) is 71.7 Å². The molecule has 0 aromatic carbocycles. The summed E-state index contributed by atoms with van der Waals surface area (Å²) >= 11 is 0. The zero-order chi connectivity index (χ0) is 13.0. The van der Waals surface area contributed by atoms with Gasteiger partial charge in [-0.25, -0.2) is 4.79 Å². The number of aliphatic hydroxyl groups excluding tert-OH is 1. The van der Waals surface area contributed by atoms with Crippen molar-refractivity contribution in [3.05, 3.63) is 23.7 Å². The fourth-order valence-electron chi connectivity index (χ4n) is 2.34. The van der Waals surface area contributed by atoms with Crippen LogP contribution in [-0.2, 0) is 11.3 Å². The van der Waals surface area contributed by atoms with E-state index in [1.165, 1.54) is 13.4 Å². The van der Waals surface area contributed by atoms with Crippen LogP contribution in [0.15, 0.2) is 16.7 Å². The number of ether oxygens (including phenoxy) is 1. The molecule has 1 heterocycles. The highest BCUT2D eigenvalue weighted by Crippen LogP contribution is 2.19. The molecule has 2 unspecified atom stereocenters. The van der Waals surface area contributed by atoms with Crippen LogP contribution >= 0.6 is 0 Å².